The van der Waals surface area contributed by atoms with E-state index in [0.29, 0.717) is 5.92 Å². The van der Waals surface area contributed by atoms with E-state index in [-0.39, 0.29) is 11.5 Å². The summed E-state index contributed by atoms with van der Waals surface area (Å²) in [4.78, 5) is 0. The molecule has 80 valence electrons. The molecule has 2 heteroatoms. The number of rotatable bonds is 2. The van der Waals surface area contributed by atoms with Crippen molar-refractivity contribution in [2.45, 2.75) is 46.6 Å². The number of hydrogen-bond donors (Lipinski definition) is 1. The molecule has 0 bridgehead atoms. The van der Waals surface area contributed by atoms with Crippen LogP contribution in [0.3, 0.4) is 0 Å². The van der Waals surface area contributed by atoms with Crippen LogP contribution in [0.15, 0.2) is 16.7 Å². The summed E-state index contributed by atoms with van der Waals surface area (Å²) in [5.74, 6) is 1.39. The minimum atomic E-state index is -0.0324. The average molecular weight is 195 g/mol. The monoisotopic (exact) mass is 195 g/mol. The second kappa shape index (κ2) is 3.77. The quantitative estimate of drug-likeness (QED) is 0.785. The second-order valence-electron chi connectivity index (χ2n) is 5.28. The van der Waals surface area contributed by atoms with Crippen molar-refractivity contribution < 1.29 is 4.42 Å². The zero-order valence-corrected chi connectivity index (χ0v) is 9.79. The number of furan rings is 1. The summed E-state index contributed by atoms with van der Waals surface area (Å²) in [6.07, 6.45) is 1.81. The molecule has 1 unspecified atom stereocenters. The maximum atomic E-state index is 6.09. The van der Waals surface area contributed by atoms with Gasteiger partial charge in [0, 0.05) is 0 Å². The normalized spacial score (nSPS) is 14.8. The topological polar surface area (TPSA) is 39.2 Å². The zero-order valence-electron chi connectivity index (χ0n) is 9.79. The Morgan fingerprint density at radius 1 is 1.29 bits per heavy atom. The maximum Gasteiger partial charge on any atom is 0.121 e. The fourth-order valence-corrected chi connectivity index (χ4v) is 1.26. The first-order valence-electron chi connectivity index (χ1n) is 5.16. The molecule has 0 radical (unpaired) electrons. The van der Waals surface area contributed by atoms with Gasteiger partial charge in [-0.15, -0.1) is 0 Å². The highest BCUT2D eigenvalue weighted by atomic mass is 16.3. The van der Waals surface area contributed by atoms with Crippen LogP contribution in [-0.2, 0) is 0 Å². The average Bonchev–Trinajstić information content (AvgIpc) is 2.48. The van der Waals surface area contributed by atoms with Gasteiger partial charge in [-0.3, -0.25) is 0 Å². The second-order valence-corrected chi connectivity index (χ2v) is 5.28. The van der Waals surface area contributed by atoms with Crippen LogP contribution in [0.4, 0.5) is 0 Å². The lowest BCUT2D eigenvalue weighted by atomic mass is 9.86. The molecule has 1 heterocycles. The Morgan fingerprint density at radius 2 is 1.86 bits per heavy atom. The molecule has 0 aromatic carbocycles. The first kappa shape index (κ1) is 11.3. The van der Waals surface area contributed by atoms with Crippen LogP contribution in [0.25, 0.3) is 0 Å². The van der Waals surface area contributed by atoms with Gasteiger partial charge in [0.15, 0.2) is 0 Å². The molecule has 2 N–H and O–H groups in total. The van der Waals surface area contributed by atoms with E-state index in [9.17, 15) is 0 Å². The molecule has 1 aromatic heterocycles. The summed E-state index contributed by atoms with van der Waals surface area (Å²) in [5, 5.41) is 0. The lowest BCUT2D eigenvalue weighted by Crippen LogP contribution is -2.25. The minimum absolute atomic E-state index is 0.0324. The Bertz CT molecular complexity index is 294. The minimum Gasteiger partial charge on any atom is -0.467 e. The van der Waals surface area contributed by atoms with E-state index in [1.54, 1.807) is 0 Å². The van der Waals surface area contributed by atoms with Gasteiger partial charge in [0.1, 0.15) is 5.76 Å². The molecule has 0 aliphatic heterocycles. The summed E-state index contributed by atoms with van der Waals surface area (Å²) in [6.45, 7) is 10.7. The smallest absolute Gasteiger partial charge is 0.121 e. The molecule has 0 saturated carbocycles. The Morgan fingerprint density at radius 3 is 2.21 bits per heavy atom. The molecule has 0 saturated heterocycles. The third kappa shape index (κ3) is 2.38. The molecule has 0 aliphatic carbocycles. The third-order valence-corrected chi connectivity index (χ3v) is 2.55. The highest BCUT2D eigenvalue weighted by Crippen LogP contribution is 2.32. The summed E-state index contributed by atoms with van der Waals surface area (Å²) in [7, 11) is 0. The Hall–Kier alpha value is -0.760. The highest BCUT2D eigenvalue weighted by molar-refractivity contribution is 5.19. The highest BCUT2D eigenvalue weighted by Gasteiger charge is 2.25. The Labute approximate surface area is 86.5 Å². The molecule has 1 rings (SSSR count). The van der Waals surface area contributed by atoms with Crippen molar-refractivity contribution in [2.24, 2.45) is 11.1 Å². The van der Waals surface area contributed by atoms with E-state index in [1.165, 1.54) is 5.56 Å². The van der Waals surface area contributed by atoms with E-state index < -0.39 is 0 Å². The van der Waals surface area contributed by atoms with Crippen LogP contribution in [0.1, 0.15) is 57.9 Å². The Kier molecular flexibility index (Phi) is 3.05. The fourth-order valence-electron chi connectivity index (χ4n) is 1.26. The fraction of sp³-hybridized carbons (Fsp3) is 0.667. The van der Waals surface area contributed by atoms with Gasteiger partial charge in [-0.25, -0.2) is 0 Å². The maximum absolute atomic E-state index is 6.09. The van der Waals surface area contributed by atoms with Gasteiger partial charge >= 0.3 is 0 Å². The van der Waals surface area contributed by atoms with Crippen LogP contribution in [0.2, 0.25) is 0 Å². The molecule has 14 heavy (non-hydrogen) atoms. The summed E-state index contributed by atoms with van der Waals surface area (Å²) >= 11 is 0. The first-order valence-corrected chi connectivity index (χ1v) is 5.16. The van der Waals surface area contributed by atoms with Crippen LogP contribution in [-0.4, -0.2) is 0 Å². The van der Waals surface area contributed by atoms with Gasteiger partial charge in [0.25, 0.3) is 0 Å². The van der Waals surface area contributed by atoms with E-state index in [2.05, 4.69) is 40.7 Å². The predicted molar refractivity (Wildman–Crippen MR) is 59.2 cm³/mol. The van der Waals surface area contributed by atoms with E-state index in [1.807, 2.05) is 6.26 Å². The van der Waals surface area contributed by atoms with Crippen molar-refractivity contribution in [3.05, 3.63) is 23.7 Å². The molecular weight excluding hydrogens is 174 g/mol. The van der Waals surface area contributed by atoms with Crippen LogP contribution < -0.4 is 5.73 Å². The zero-order chi connectivity index (χ0) is 10.9. The summed E-state index contributed by atoms with van der Waals surface area (Å²) in [6, 6.07) is 2.04. The molecule has 0 fully saturated rings. The molecular formula is C12H21NO. The lowest BCUT2D eigenvalue weighted by Gasteiger charge is -2.24. The van der Waals surface area contributed by atoms with E-state index >= 15 is 0 Å². The summed E-state index contributed by atoms with van der Waals surface area (Å²) in [5.41, 5.74) is 7.36. The van der Waals surface area contributed by atoms with Gasteiger partial charge in [0.05, 0.1) is 12.3 Å². The standard InChI is InChI=1S/C12H21NO/c1-8(2)9-6-10(14-7-9)11(13)12(3,4)5/h6-8,11H,13H2,1-5H3. The van der Waals surface area contributed by atoms with Gasteiger partial charge in [0.2, 0.25) is 0 Å². The van der Waals surface area contributed by atoms with Crippen molar-refractivity contribution in [3.8, 4) is 0 Å². The molecule has 1 atom stereocenters. The summed E-state index contributed by atoms with van der Waals surface area (Å²) < 4.78 is 5.49. The van der Waals surface area contributed by atoms with Crippen LogP contribution >= 0.6 is 0 Å². The van der Waals surface area contributed by atoms with Gasteiger partial charge in [-0.2, -0.15) is 0 Å². The SMILES string of the molecule is CC(C)c1coc(C(N)C(C)(C)C)c1. The number of hydrogen-bond acceptors (Lipinski definition) is 2. The molecule has 0 spiro atoms. The Balaban J connectivity index is 2.87. The largest absolute Gasteiger partial charge is 0.467 e. The van der Waals surface area contributed by atoms with E-state index in [4.69, 9.17) is 10.2 Å². The number of nitrogens with two attached hydrogens (primary N) is 1. The van der Waals surface area contributed by atoms with Gasteiger partial charge in [-0.1, -0.05) is 34.6 Å². The molecule has 1 aromatic rings. The van der Waals surface area contributed by atoms with Crippen LogP contribution in [0, 0.1) is 5.41 Å². The van der Waals surface area contributed by atoms with Crippen molar-refractivity contribution in [1.29, 1.82) is 0 Å². The molecule has 0 amide bonds. The third-order valence-electron chi connectivity index (χ3n) is 2.55. The van der Waals surface area contributed by atoms with Crippen molar-refractivity contribution in [2.75, 3.05) is 0 Å². The van der Waals surface area contributed by atoms with Crippen molar-refractivity contribution in [3.63, 3.8) is 0 Å². The first-order chi connectivity index (χ1) is 6.32. The lowest BCUT2D eigenvalue weighted by molar-refractivity contribution is 0.285. The van der Waals surface area contributed by atoms with Gasteiger partial charge in [-0.05, 0) is 23.0 Å². The van der Waals surface area contributed by atoms with Crippen molar-refractivity contribution >= 4 is 0 Å². The molecule has 0 aliphatic rings. The van der Waals surface area contributed by atoms with E-state index in [0.717, 1.165) is 5.76 Å². The van der Waals surface area contributed by atoms with Crippen molar-refractivity contribution in [1.82, 2.24) is 0 Å². The molecule has 2 nitrogen and oxygen atoms in total. The predicted octanol–water partition coefficient (Wildman–Crippen LogP) is 3.45. The van der Waals surface area contributed by atoms with Crippen LogP contribution in [0.5, 0.6) is 0 Å². The van der Waals surface area contributed by atoms with Gasteiger partial charge < -0.3 is 10.2 Å².